The summed E-state index contributed by atoms with van der Waals surface area (Å²) in [6.07, 6.45) is 2.46. The summed E-state index contributed by atoms with van der Waals surface area (Å²) < 4.78 is 2.69. The molecule has 0 saturated heterocycles. The van der Waals surface area contributed by atoms with Crippen LogP contribution in [-0.2, 0) is 7.05 Å². The van der Waals surface area contributed by atoms with Gasteiger partial charge in [-0.2, -0.15) is 0 Å². The van der Waals surface area contributed by atoms with E-state index in [1.807, 2.05) is 24.3 Å². The van der Waals surface area contributed by atoms with Gasteiger partial charge in [0.15, 0.2) is 6.29 Å². The van der Waals surface area contributed by atoms with Crippen LogP contribution in [-0.4, -0.2) is 15.8 Å². The molecule has 0 radical (unpaired) electrons. The highest BCUT2D eigenvalue weighted by molar-refractivity contribution is 9.10. The lowest BCUT2D eigenvalue weighted by atomic mass is 10.1. The van der Waals surface area contributed by atoms with E-state index in [0.29, 0.717) is 11.4 Å². The van der Waals surface area contributed by atoms with Gasteiger partial charge in [-0.05, 0) is 12.1 Å². The van der Waals surface area contributed by atoms with Crippen LogP contribution in [0.5, 0.6) is 0 Å². The van der Waals surface area contributed by atoms with Gasteiger partial charge >= 0.3 is 0 Å². The van der Waals surface area contributed by atoms with E-state index in [1.165, 1.54) is 0 Å². The summed E-state index contributed by atoms with van der Waals surface area (Å²) in [4.78, 5) is 15.1. The Labute approximate surface area is 95.9 Å². The molecule has 0 fully saturated rings. The number of hydrogen-bond acceptors (Lipinski definition) is 2. The predicted molar refractivity (Wildman–Crippen MR) is 61.7 cm³/mol. The molecule has 2 aromatic rings. The number of halogens is 1. The molecule has 2 rings (SSSR count). The van der Waals surface area contributed by atoms with Crippen LogP contribution in [0, 0.1) is 0 Å². The Hall–Kier alpha value is -1.42. The van der Waals surface area contributed by atoms with Gasteiger partial charge in [-0.15, -0.1) is 0 Å². The smallest absolute Gasteiger partial charge is 0.168 e. The Morgan fingerprint density at radius 3 is 2.93 bits per heavy atom. The lowest BCUT2D eigenvalue weighted by Gasteiger charge is -1.99. The van der Waals surface area contributed by atoms with Gasteiger partial charge in [0, 0.05) is 17.1 Å². The quantitative estimate of drug-likeness (QED) is 0.782. The molecule has 0 aliphatic carbocycles. The first kappa shape index (κ1) is 10.1. The van der Waals surface area contributed by atoms with Gasteiger partial charge in [0.2, 0.25) is 0 Å². The van der Waals surface area contributed by atoms with E-state index in [9.17, 15) is 4.79 Å². The average Bonchev–Trinajstić information content (AvgIpc) is 2.59. The molecule has 0 aliphatic heterocycles. The summed E-state index contributed by atoms with van der Waals surface area (Å²) >= 11 is 3.39. The molecule has 1 aromatic carbocycles. The van der Waals surface area contributed by atoms with E-state index in [1.54, 1.807) is 17.9 Å². The number of aromatic nitrogens is 2. The second-order valence-electron chi connectivity index (χ2n) is 3.22. The average molecular weight is 265 g/mol. The Morgan fingerprint density at radius 2 is 2.27 bits per heavy atom. The van der Waals surface area contributed by atoms with Gasteiger partial charge in [-0.1, -0.05) is 28.1 Å². The highest BCUT2D eigenvalue weighted by Crippen LogP contribution is 2.23. The predicted octanol–water partition coefficient (Wildman–Crippen LogP) is 2.66. The zero-order valence-corrected chi connectivity index (χ0v) is 9.73. The van der Waals surface area contributed by atoms with Crippen molar-refractivity contribution in [1.29, 1.82) is 0 Å². The number of carbonyl (C=O) groups is 1. The van der Waals surface area contributed by atoms with E-state index in [-0.39, 0.29) is 0 Å². The van der Waals surface area contributed by atoms with Crippen LogP contribution >= 0.6 is 15.9 Å². The van der Waals surface area contributed by atoms with E-state index in [0.717, 1.165) is 16.3 Å². The van der Waals surface area contributed by atoms with Crippen molar-refractivity contribution in [2.75, 3.05) is 0 Å². The Bertz CT molecular complexity index is 505. The van der Waals surface area contributed by atoms with Crippen LogP contribution < -0.4 is 0 Å². The van der Waals surface area contributed by atoms with Crippen LogP contribution in [0.25, 0.3) is 11.3 Å². The molecule has 76 valence electrons. The van der Waals surface area contributed by atoms with Crippen molar-refractivity contribution in [3.05, 3.63) is 40.8 Å². The highest BCUT2D eigenvalue weighted by atomic mass is 79.9. The molecular weight excluding hydrogens is 256 g/mol. The van der Waals surface area contributed by atoms with Crippen LogP contribution in [0.15, 0.2) is 35.1 Å². The van der Waals surface area contributed by atoms with Gasteiger partial charge in [0.25, 0.3) is 0 Å². The minimum absolute atomic E-state index is 0.591. The van der Waals surface area contributed by atoms with Crippen LogP contribution in [0.4, 0.5) is 0 Å². The maximum Gasteiger partial charge on any atom is 0.168 e. The fourth-order valence-corrected chi connectivity index (χ4v) is 1.84. The monoisotopic (exact) mass is 264 g/mol. The van der Waals surface area contributed by atoms with Gasteiger partial charge in [0.05, 0.1) is 12.0 Å². The first-order chi connectivity index (χ1) is 7.22. The second kappa shape index (κ2) is 3.98. The van der Waals surface area contributed by atoms with Crippen LogP contribution in [0.2, 0.25) is 0 Å². The van der Waals surface area contributed by atoms with Crippen LogP contribution in [0.1, 0.15) is 10.5 Å². The molecule has 0 atom stereocenters. The third-order valence-corrected chi connectivity index (χ3v) is 2.69. The molecule has 0 aliphatic rings. The van der Waals surface area contributed by atoms with Crippen molar-refractivity contribution in [3.8, 4) is 11.3 Å². The molecule has 1 heterocycles. The Kier molecular flexibility index (Phi) is 2.68. The fraction of sp³-hybridized carbons (Fsp3) is 0.0909. The van der Waals surface area contributed by atoms with Gasteiger partial charge in [0.1, 0.15) is 5.69 Å². The summed E-state index contributed by atoms with van der Waals surface area (Å²) in [5.74, 6) is 0. The minimum atomic E-state index is 0.591. The molecule has 15 heavy (non-hydrogen) atoms. The molecule has 0 spiro atoms. The standard InChI is InChI=1S/C11H9BrN2O/c1-14-7-13-11(10(14)6-15)8-3-2-4-9(12)5-8/h2-7H,1H3. The van der Waals surface area contributed by atoms with E-state index < -0.39 is 0 Å². The summed E-state index contributed by atoms with van der Waals surface area (Å²) in [5.41, 5.74) is 2.24. The number of aldehydes is 1. The maximum atomic E-state index is 10.9. The zero-order valence-electron chi connectivity index (χ0n) is 8.14. The first-order valence-corrected chi connectivity index (χ1v) is 5.24. The molecule has 0 amide bonds. The number of rotatable bonds is 2. The van der Waals surface area contributed by atoms with E-state index in [2.05, 4.69) is 20.9 Å². The number of hydrogen-bond donors (Lipinski definition) is 0. The lowest BCUT2D eigenvalue weighted by molar-refractivity contribution is 0.111. The summed E-state index contributed by atoms with van der Waals surface area (Å²) in [5, 5.41) is 0. The Morgan fingerprint density at radius 1 is 1.47 bits per heavy atom. The Balaban J connectivity index is 2.58. The zero-order chi connectivity index (χ0) is 10.8. The molecule has 1 aromatic heterocycles. The maximum absolute atomic E-state index is 10.9. The first-order valence-electron chi connectivity index (χ1n) is 4.45. The number of imidazole rings is 1. The second-order valence-corrected chi connectivity index (χ2v) is 4.13. The summed E-state index contributed by atoms with van der Waals surface area (Å²) in [6.45, 7) is 0. The van der Waals surface area contributed by atoms with Crippen LogP contribution in [0.3, 0.4) is 0 Å². The molecule has 0 unspecified atom stereocenters. The van der Waals surface area contributed by atoms with Gasteiger partial charge in [-0.25, -0.2) is 4.98 Å². The lowest BCUT2D eigenvalue weighted by Crippen LogP contribution is -1.94. The SMILES string of the molecule is Cn1cnc(-c2cccc(Br)c2)c1C=O. The minimum Gasteiger partial charge on any atom is -0.331 e. The molecule has 0 bridgehead atoms. The molecular formula is C11H9BrN2O. The topological polar surface area (TPSA) is 34.9 Å². The van der Waals surface area contributed by atoms with Crippen molar-refractivity contribution in [1.82, 2.24) is 9.55 Å². The summed E-state index contributed by atoms with van der Waals surface area (Å²) in [6, 6.07) is 7.73. The normalized spacial score (nSPS) is 10.3. The van der Waals surface area contributed by atoms with Gasteiger partial charge < -0.3 is 4.57 Å². The molecule has 3 nitrogen and oxygen atoms in total. The van der Waals surface area contributed by atoms with Crippen molar-refractivity contribution in [2.24, 2.45) is 7.05 Å². The number of nitrogens with zero attached hydrogens (tertiary/aromatic N) is 2. The van der Waals surface area contributed by atoms with Gasteiger partial charge in [-0.3, -0.25) is 4.79 Å². The number of carbonyl (C=O) groups excluding carboxylic acids is 1. The molecule has 4 heteroatoms. The third kappa shape index (κ3) is 1.85. The summed E-state index contributed by atoms with van der Waals surface area (Å²) in [7, 11) is 1.80. The highest BCUT2D eigenvalue weighted by Gasteiger charge is 2.09. The van der Waals surface area contributed by atoms with E-state index >= 15 is 0 Å². The van der Waals surface area contributed by atoms with Crippen molar-refractivity contribution >= 4 is 22.2 Å². The molecule has 0 N–H and O–H groups in total. The molecule has 0 saturated carbocycles. The third-order valence-electron chi connectivity index (χ3n) is 2.19. The van der Waals surface area contributed by atoms with Crippen molar-refractivity contribution in [2.45, 2.75) is 0 Å². The largest absolute Gasteiger partial charge is 0.331 e. The fourth-order valence-electron chi connectivity index (χ4n) is 1.44. The van der Waals surface area contributed by atoms with Crippen molar-refractivity contribution in [3.63, 3.8) is 0 Å². The van der Waals surface area contributed by atoms with Crippen molar-refractivity contribution < 1.29 is 4.79 Å². The number of benzene rings is 1. The number of aryl methyl sites for hydroxylation is 1. The van der Waals surface area contributed by atoms with E-state index in [4.69, 9.17) is 0 Å².